The van der Waals surface area contributed by atoms with Gasteiger partial charge in [0, 0.05) is 16.3 Å². The minimum atomic E-state index is 0.907. The molecule has 1 aromatic carbocycles. The normalized spacial score (nSPS) is 23.4. The summed E-state index contributed by atoms with van der Waals surface area (Å²) < 4.78 is 2.15. The molecule has 4 heteroatoms. The maximum absolute atomic E-state index is 4.82. The van der Waals surface area contributed by atoms with E-state index in [1.165, 1.54) is 87.4 Å². The molecule has 0 amide bonds. The van der Waals surface area contributed by atoms with Gasteiger partial charge in [-0.25, -0.2) is 0 Å². The number of thiol groups is 3. The molecule has 1 heterocycles. The predicted molar refractivity (Wildman–Crippen MR) is 110 cm³/mol. The Hall–Kier alpha value is 0.0700. The van der Waals surface area contributed by atoms with E-state index in [1.54, 1.807) is 0 Å². The summed E-state index contributed by atoms with van der Waals surface area (Å²) in [6.45, 7) is 1.00. The molecule has 3 rings (SSSR count). The molecule has 0 spiro atoms. The second kappa shape index (κ2) is 8.44. The zero-order valence-electron chi connectivity index (χ0n) is 13.9. The van der Waals surface area contributed by atoms with E-state index < -0.39 is 0 Å². The summed E-state index contributed by atoms with van der Waals surface area (Å²) in [5, 5.41) is 0. The second-order valence-corrected chi connectivity index (χ2v) is 8.62. The van der Waals surface area contributed by atoms with Gasteiger partial charge in [-0.15, -0.1) is 25.3 Å². The maximum Gasteiger partial charge on any atom is 0.0646 e. The van der Waals surface area contributed by atoms with Crippen molar-refractivity contribution in [3.05, 3.63) is 17.2 Å². The van der Waals surface area contributed by atoms with Crippen LogP contribution in [0.4, 0.5) is 5.69 Å². The molecular weight excluding hydrogens is 338 g/mol. The fourth-order valence-electron chi connectivity index (χ4n) is 4.22. The third kappa shape index (κ3) is 4.38. The summed E-state index contributed by atoms with van der Waals surface area (Å²) in [6.07, 6.45) is 14.5. The SMILES string of the molecule is Sc1cc2c3c(c1S)N(S)CCCCCCCC(CCC2)CC3. The first-order valence-electron chi connectivity index (χ1n) is 9.20. The van der Waals surface area contributed by atoms with Gasteiger partial charge in [-0.1, -0.05) is 51.3 Å². The average molecular weight is 368 g/mol. The van der Waals surface area contributed by atoms with Crippen molar-refractivity contribution in [1.29, 1.82) is 0 Å². The number of hydrogen-bond acceptors (Lipinski definition) is 4. The monoisotopic (exact) mass is 367 g/mol. The maximum atomic E-state index is 4.82. The van der Waals surface area contributed by atoms with E-state index in [1.807, 2.05) is 0 Å². The number of nitrogens with zero attached hydrogens (tertiary/aromatic N) is 1. The largest absolute Gasteiger partial charge is 0.317 e. The van der Waals surface area contributed by atoms with Crippen LogP contribution in [0.15, 0.2) is 15.9 Å². The number of anilines is 1. The Kier molecular flexibility index (Phi) is 6.56. The molecule has 1 aromatic rings. The topological polar surface area (TPSA) is 3.24 Å². The van der Waals surface area contributed by atoms with Gasteiger partial charge in [-0.05, 0) is 55.2 Å². The molecule has 0 aromatic heterocycles. The van der Waals surface area contributed by atoms with Gasteiger partial charge in [0.25, 0.3) is 0 Å². The first kappa shape index (κ1) is 17.9. The molecule has 23 heavy (non-hydrogen) atoms. The van der Waals surface area contributed by atoms with E-state index in [0.717, 1.165) is 22.3 Å². The number of rotatable bonds is 0. The molecule has 0 fully saturated rings. The lowest BCUT2D eigenvalue weighted by Gasteiger charge is -2.28. The summed E-state index contributed by atoms with van der Waals surface area (Å²) in [5.74, 6) is 0.907. The van der Waals surface area contributed by atoms with Crippen molar-refractivity contribution in [1.82, 2.24) is 0 Å². The van der Waals surface area contributed by atoms with Gasteiger partial charge in [0.05, 0.1) is 5.69 Å². The van der Waals surface area contributed by atoms with Crippen LogP contribution in [-0.4, -0.2) is 6.54 Å². The molecule has 2 bridgehead atoms. The zero-order chi connectivity index (χ0) is 16.2. The lowest BCUT2D eigenvalue weighted by atomic mass is 9.84. The Morgan fingerprint density at radius 2 is 1.61 bits per heavy atom. The van der Waals surface area contributed by atoms with Crippen LogP contribution >= 0.6 is 38.1 Å². The molecule has 128 valence electrons. The van der Waals surface area contributed by atoms with Crippen molar-refractivity contribution in [3.63, 3.8) is 0 Å². The average Bonchev–Trinajstić information content (AvgIpc) is 2.52. The van der Waals surface area contributed by atoms with Crippen molar-refractivity contribution in [3.8, 4) is 0 Å². The zero-order valence-corrected chi connectivity index (χ0v) is 16.6. The molecular formula is C19H29NS3. The van der Waals surface area contributed by atoms with E-state index in [4.69, 9.17) is 25.4 Å². The number of aryl methyl sites for hydroxylation is 1. The van der Waals surface area contributed by atoms with E-state index in [0.29, 0.717) is 0 Å². The smallest absolute Gasteiger partial charge is 0.0646 e. The van der Waals surface area contributed by atoms with Gasteiger partial charge in [-0.2, -0.15) is 0 Å². The third-order valence-electron chi connectivity index (χ3n) is 5.55. The van der Waals surface area contributed by atoms with Crippen LogP contribution in [0.1, 0.15) is 68.9 Å². The summed E-state index contributed by atoms with van der Waals surface area (Å²) in [4.78, 5) is 2.01. The molecule has 0 saturated carbocycles. The Labute approximate surface area is 158 Å². The van der Waals surface area contributed by atoms with Crippen LogP contribution in [0.2, 0.25) is 0 Å². The van der Waals surface area contributed by atoms with Crippen molar-refractivity contribution in [2.45, 2.75) is 80.4 Å². The summed E-state index contributed by atoms with van der Waals surface area (Å²) in [6, 6.07) is 2.25. The van der Waals surface area contributed by atoms with E-state index in [9.17, 15) is 0 Å². The highest BCUT2D eigenvalue weighted by Crippen LogP contribution is 2.40. The van der Waals surface area contributed by atoms with Crippen LogP contribution in [-0.2, 0) is 12.8 Å². The molecule has 1 unspecified atom stereocenters. The summed E-state index contributed by atoms with van der Waals surface area (Å²) in [5.41, 5.74) is 4.21. The minimum absolute atomic E-state index is 0.907. The highest BCUT2D eigenvalue weighted by atomic mass is 32.1. The summed E-state index contributed by atoms with van der Waals surface area (Å²) >= 11 is 14.3. The van der Waals surface area contributed by atoms with Crippen LogP contribution in [0.3, 0.4) is 0 Å². The fraction of sp³-hybridized carbons (Fsp3) is 0.684. The highest BCUT2D eigenvalue weighted by molar-refractivity contribution is 7.84. The predicted octanol–water partition coefficient (Wildman–Crippen LogP) is 6.15. The van der Waals surface area contributed by atoms with Crippen molar-refractivity contribution in [2.75, 3.05) is 10.8 Å². The third-order valence-corrected chi connectivity index (χ3v) is 6.93. The van der Waals surface area contributed by atoms with Gasteiger partial charge >= 0.3 is 0 Å². The van der Waals surface area contributed by atoms with Gasteiger partial charge < -0.3 is 4.31 Å². The first-order chi connectivity index (χ1) is 11.2. The number of hydrogen-bond donors (Lipinski definition) is 3. The molecule has 0 saturated heterocycles. The van der Waals surface area contributed by atoms with E-state index in [2.05, 4.69) is 23.0 Å². The van der Waals surface area contributed by atoms with Crippen LogP contribution in [0.25, 0.3) is 0 Å². The lowest BCUT2D eigenvalue weighted by molar-refractivity contribution is 0.382. The first-order valence-corrected chi connectivity index (χ1v) is 10.5. The van der Waals surface area contributed by atoms with E-state index >= 15 is 0 Å². The van der Waals surface area contributed by atoms with E-state index in [-0.39, 0.29) is 0 Å². The van der Waals surface area contributed by atoms with Gasteiger partial charge in [0.2, 0.25) is 0 Å². The van der Waals surface area contributed by atoms with Crippen LogP contribution < -0.4 is 4.31 Å². The van der Waals surface area contributed by atoms with Crippen molar-refractivity contribution >= 4 is 43.8 Å². The van der Waals surface area contributed by atoms with Crippen molar-refractivity contribution in [2.24, 2.45) is 5.92 Å². The van der Waals surface area contributed by atoms with Crippen LogP contribution in [0.5, 0.6) is 0 Å². The quantitative estimate of drug-likeness (QED) is 0.463. The molecule has 0 N–H and O–H groups in total. The highest BCUT2D eigenvalue weighted by Gasteiger charge is 2.22. The Morgan fingerprint density at radius 3 is 2.48 bits per heavy atom. The van der Waals surface area contributed by atoms with Gasteiger partial charge in [0.15, 0.2) is 0 Å². The fourth-order valence-corrected chi connectivity index (χ4v) is 5.24. The molecule has 2 aliphatic rings. The van der Waals surface area contributed by atoms with Gasteiger partial charge in [-0.3, -0.25) is 0 Å². The Balaban J connectivity index is 1.99. The second-order valence-electron chi connectivity index (χ2n) is 7.21. The minimum Gasteiger partial charge on any atom is -0.317 e. The molecule has 0 radical (unpaired) electrons. The Morgan fingerprint density at radius 1 is 0.870 bits per heavy atom. The Bertz CT molecular complexity index is 544. The van der Waals surface area contributed by atoms with Crippen molar-refractivity contribution < 1.29 is 0 Å². The van der Waals surface area contributed by atoms with Crippen LogP contribution in [0, 0.1) is 5.92 Å². The number of benzene rings is 1. The lowest BCUT2D eigenvalue weighted by Crippen LogP contribution is -2.18. The molecule has 1 nitrogen and oxygen atoms in total. The number of fused-ring (bicyclic) bond motifs is 2. The molecule has 1 atom stereocenters. The standard InChI is InChI=1S/C19H29NS3/c21-17-13-15-9-6-8-14-7-4-2-1-3-5-12-20(23)18(19(17)22)16(15)11-10-14/h13-14,21-23H,1-12H2. The van der Waals surface area contributed by atoms with Gasteiger partial charge in [0.1, 0.15) is 0 Å². The molecule has 1 aliphatic heterocycles. The molecule has 1 aliphatic carbocycles. The summed E-state index contributed by atoms with van der Waals surface area (Å²) in [7, 11) is 0.